The highest BCUT2D eigenvalue weighted by Gasteiger charge is 2.28. The van der Waals surface area contributed by atoms with Crippen LogP contribution >= 0.6 is 11.6 Å². The molecule has 17 heavy (non-hydrogen) atoms. The van der Waals surface area contributed by atoms with Crippen LogP contribution in [0.4, 0.5) is 5.69 Å². The summed E-state index contributed by atoms with van der Waals surface area (Å²) in [5.74, 6) is 1.41. The minimum absolute atomic E-state index is 0.518. The van der Waals surface area contributed by atoms with Crippen LogP contribution < -0.4 is 5.32 Å². The molecule has 1 aliphatic rings. The number of pyridine rings is 1. The number of nitrogens with zero attached hydrogens (tertiary/aromatic N) is 1. The van der Waals surface area contributed by atoms with E-state index in [2.05, 4.69) is 31.1 Å². The lowest BCUT2D eigenvalue weighted by atomic mass is 9.78. The standard InChI is InChI=1S/C14H21ClN2/c1-9-5-4-6-10(2)12(9)17-13-11(3)7-8-16-14(13)15/h7-10,12,17H,4-6H2,1-3H3. The average molecular weight is 253 g/mol. The Morgan fingerprint density at radius 2 is 1.94 bits per heavy atom. The van der Waals surface area contributed by atoms with Crippen LogP contribution in [-0.4, -0.2) is 11.0 Å². The monoisotopic (exact) mass is 252 g/mol. The maximum atomic E-state index is 6.17. The molecule has 1 aromatic rings. The maximum Gasteiger partial charge on any atom is 0.152 e. The maximum absolute atomic E-state index is 6.17. The fourth-order valence-electron chi connectivity index (χ4n) is 2.83. The van der Waals surface area contributed by atoms with Crippen molar-refractivity contribution < 1.29 is 0 Å². The van der Waals surface area contributed by atoms with Crippen molar-refractivity contribution in [2.45, 2.75) is 46.1 Å². The molecule has 1 fully saturated rings. The number of aromatic nitrogens is 1. The molecular weight excluding hydrogens is 232 g/mol. The SMILES string of the molecule is Cc1ccnc(Cl)c1NC1C(C)CCCC1C. The molecule has 0 aliphatic heterocycles. The molecule has 0 bridgehead atoms. The van der Waals surface area contributed by atoms with Gasteiger partial charge in [0.15, 0.2) is 5.15 Å². The molecule has 0 amide bonds. The van der Waals surface area contributed by atoms with Crippen LogP contribution in [0.1, 0.15) is 38.7 Å². The molecule has 2 rings (SSSR count). The third kappa shape index (κ3) is 2.74. The van der Waals surface area contributed by atoms with Crippen LogP contribution in [0.15, 0.2) is 12.3 Å². The lowest BCUT2D eigenvalue weighted by Gasteiger charge is -2.36. The van der Waals surface area contributed by atoms with E-state index >= 15 is 0 Å². The topological polar surface area (TPSA) is 24.9 Å². The van der Waals surface area contributed by atoms with Gasteiger partial charge in [0, 0.05) is 12.2 Å². The van der Waals surface area contributed by atoms with Crippen LogP contribution in [0.3, 0.4) is 0 Å². The van der Waals surface area contributed by atoms with Crippen LogP contribution in [0.2, 0.25) is 5.15 Å². The lowest BCUT2D eigenvalue weighted by Crippen LogP contribution is -2.37. The highest BCUT2D eigenvalue weighted by molar-refractivity contribution is 6.32. The van der Waals surface area contributed by atoms with Gasteiger partial charge < -0.3 is 5.32 Å². The summed E-state index contributed by atoms with van der Waals surface area (Å²) in [5.41, 5.74) is 2.19. The predicted molar refractivity (Wildman–Crippen MR) is 73.6 cm³/mol. The minimum Gasteiger partial charge on any atom is -0.379 e. The van der Waals surface area contributed by atoms with Crippen LogP contribution in [0.25, 0.3) is 0 Å². The quantitative estimate of drug-likeness (QED) is 0.795. The van der Waals surface area contributed by atoms with Crippen molar-refractivity contribution in [3.63, 3.8) is 0 Å². The van der Waals surface area contributed by atoms with Crippen LogP contribution in [0.5, 0.6) is 0 Å². The first-order chi connectivity index (χ1) is 8.09. The smallest absolute Gasteiger partial charge is 0.152 e. The van der Waals surface area contributed by atoms with E-state index in [4.69, 9.17) is 11.6 Å². The van der Waals surface area contributed by atoms with E-state index in [0.29, 0.717) is 23.0 Å². The van der Waals surface area contributed by atoms with Gasteiger partial charge in [0.1, 0.15) is 0 Å². The number of anilines is 1. The molecule has 1 heterocycles. The van der Waals surface area contributed by atoms with Gasteiger partial charge in [-0.05, 0) is 43.2 Å². The Bertz CT molecular complexity index is 362. The Balaban J connectivity index is 2.19. The molecule has 2 nitrogen and oxygen atoms in total. The van der Waals surface area contributed by atoms with E-state index in [0.717, 1.165) is 5.69 Å². The number of aryl methyl sites for hydroxylation is 1. The first-order valence-electron chi connectivity index (χ1n) is 6.47. The Morgan fingerprint density at radius 3 is 2.53 bits per heavy atom. The molecule has 94 valence electrons. The fourth-order valence-corrected chi connectivity index (χ4v) is 3.09. The Labute approximate surface area is 109 Å². The minimum atomic E-state index is 0.518. The summed E-state index contributed by atoms with van der Waals surface area (Å²) in [6.07, 6.45) is 5.72. The summed E-state index contributed by atoms with van der Waals surface area (Å²) >= 11 is 6.17. The summed E-state index contributed by atoms with van der Waals surface area (Å²) < 4.78 is 0. The molecule has 0 radical (unpaired) electrons. The molecule has 0 aromatic carbocycles. The van der Waals surface area contributed by atoms with Gasteiger partial charge in [-0.2, -0.15) is 0 Å². The Hall–Kier alpha value is -0.760. The summed E-state index contributed by atoms with van der Waals surface area (Å²) in [4.78, 5) is 4.16. The van der Waals surface area contributed by atoms with E-state index in [1.807, 2.05) is 6.07 Å². The molecule has 1 saturated carbocycles. The fraction of sp³-hybridized carbons (Fsp3) is 0.643. The molecule has 1 aliphatic carbocycles. The Kier molecular flexibility index (Phi) is 3.93. The molecule has 3 heteroatoms. The van der Waals surface area contributed by atoms with Crippen molar-refractivity contribution in [2.75, 3.05) is 5.32 Å². The van der Waals surface area contributed by atoms with E-state index < -0.39 is 0 Å². The third-order valence-corrected chi connectivity index (χ3v) is 4.26. The number of hydrogen-bond donors (Lipinski definition) is 1. The number of rotatable bonds is 2. The summed E-state index contributed by atoms with van der Waals surface area (Å²) in [6, 6.07) is 2.52. The predicted octanol–water partition coefficient (Wildman–Crippen LogP) is 4.28. The summed E-state index contributed by atoms with van der Waals surface area (Å²) in [5, 5.41) is 4.22. The zero-order chi connectivity index (χ0) is 12.4. The first kappa shape index (κ1) is 12.7. The highest BCUT2D eigenvalue weighted by atomic mass is 35.5. The highest BCUT2D eigenvalue weighted by Crippen LogP contribution is 2.33. The van der Waals surface area contributed by atoms with Crippen molar-refractivity contribution >= 4 is 17.3 Å². The first-order valence-corrected chi connectivity index (χ1v) is 6.85. The van der Waals surface area contributed by atoms with Gasteiger partial charge >= 0.3 is 0 Å². The molecule has 2 atom stereocenters. The summed E-state index contributed by atoms with van der Waals surface area (Å²) in [6.45, 7) is 6.73. The van der Waals surface area contributed by atoms with Crippen molar-refractivity contribution in [3.05, 3.63) is 23.0 Å². The van der Waals surface area contributed by atoms with Gasteiger partial charge in [0.05, 0.1) is 5.69 Å². The molecule has 2 unspecified atom stereocenters. The van der Waals surface area contributed by atoms with Gasteiger partial charge in [0.25, 0.3) is 0 Å². The number of nitrogens with one attached hydrogen (secondary N) is 1. The molecule has 1 aromatic heterocycles. The van der Waals surface area contributed by atoms with Crippen LogP contribution in [-0.2, 0) is 0 Å². The van der Waals surface area contributed by atoms with Gasteiger partial charge in [-0.15, -0.1) is 0 Å². The number of hydrogen-bond acceptors (Lipinski definition) is 2. The second-order valence-electron chi connectivity index (χ2n) is 5.35. The van der Waals surface area contributed by atoms with E-state index in [1.54, 1.807) is 6.20 Å². The lowest BCUT2D eigenvalue weighted by molar-refractivity contribution is 0.268. The molecule has 0 saturated heterocycles. The second kappa shape index (κ2) is 5.26. The van der Waals surface area contributed by atoms with Gasteiger partial charge in [-0.25, -0.2) is 4.98 Å². The van der Waals surface area contributed by atoms with Crippen molar-refractivity contribution in [2.24, 2.45) is 11.8 Å². The van der Waals surface area contributed by atoms with E-state index in [9.17, 15) is 0 Å². The number of halogens is 1. The van der Waals surface area contributed by atoms with E-state index in [1.165, 1.54) is 24.8 Å². The average Bonchev–Trinajstić information content (AvgIpc) is 2.27. The third-order valence-electron chi connectivity index (χ3n) is 3.97. The molecular formula is C14H21ClN2. The van der Waals surface area contributed by atoms with Crippen LogP contribution in [0, 0.1) is 18.8 Å². The van der Waals surface area contributed by atoms with Crippen molar-refractivity contribution in [1.29, 1.82) is 0 Å². The molecule has 1 N–H and O–H groups in total. The van der Waals surface area contributed by atoms with E-state index in [-0.39, 0.29) is 0 Å². The van der Waals surface area contributed by atoms with Gasteiger partial charge in [-0.3, -0.25) is 0 Å². The zero-order valence-electron chi connectivity index (χ0n) is 10.8. The zero-order valence-corrected chi connectivity index (χ0v) is 11.6. The second-order valence-corrected chi connectivity index (χ2v) is 5.71. The van der Waals surface area contributed by atoms with Gasteiger partial charge in [0.2, 0.25) is 0 Å². The van der Waals surface area contributed by atoms with Crippen molar-refractivity contribution in [1.82, 2.24) is 4.98 Å². The largest absolute Gasteiger partial charge is 0.379 e. The molecule has 0 spiro atoms. The summed E-state index contributed by atoms with van der Waals surface area (Å²) in [7, 11) is 0. The Morgan fingerprint density at radius 1 is 1.29 bits per heavy atom. The van der Waals surface area contributed by atoms with Gasteiger partial charge in [-0.1, -0.05) is 31.9 Å². The normalized spacial score (nSPS) is 29.1. The van der Waals surface area contributed by atoms with Crippen molar-refractivity contribution in [3.8, 4) is 0 Å².